The Kier molecular flexibility index (Phi) is 2.82. The molecule has 1 aromatic carbocycles. The highest BCUT2D eigenvalue weighted by molar-refractivity contribution is 7.11. The lowest BCUT2D eigenvalue weighted by molar-refractivity contribution is 0.103. The number of carbonyl (C=O) groups excluding carboxylic acids is 1. The number of nitrogens with zero attached hydrogens (tertiary/aromatic N) is 1. The van der Waals surface area contributed by atoms with Crippen molar-refractivity contribution < 1.29 is 14.3 Å². The van der Waals surface area contributed by atoms with E-state index in [1.807, 2.05) is 0 Å². The van der Waals surface area contributed by atoms with E-state index in [1.165, 1.54) is 35.2 Å². The fraction of sp³-hybridized carbons (Fsp3) is 0. The van der Waals surface area contributed by atoms with Crippen molar-refractivity contribution in [1.82, 2.24) is 4.98 Å². The number of aromatic hydroxyl groups is 1. The van der Waals surface area contributed by atoms with Crippen LogP contribution in [0.5, 0.6) is 5.75 Å². The second-order valence-corrected chi connectivity index (χ2v) is 3.87. The summed E-state index contributed by atoms with van der Waals surface area (Å²) in [6.07, 6.45) is 1.43. The zero-order valence-electron chi connectivity index (χ0n) is 7.98. The van der Waals surface area contributed by atoms with E-state index in [4.69, 9.17) is 5.11 Å². The summed E-state index contributed by atoms with van der Waals surface area (Å²) < 4.78 is 13.0. The van der Waals surface area contributed by atoms with Crippen molar-refractivity contribution in [1.29, 1.82) is 0 Å². The van der Waals surface area contributed by atoms with Gasteiger partial charge in [-0.15, -0.1) is 11.3 Å². The highest BCUT2D eigenvalue weighted by Crippen LogP contribution is 2.20. The quantitative estimate of drug-likeness (QED) is 0.789. The van der Waals surface area contributed by atoms with Crippen LogP contribution in [0.1, 0.15) is 9.67 Å². The van der Waals surface area contributed by atoms with Crippen LogP contribution in [0.15, 0.2) is 29.9 Å². The summed E-state index contributed by atoms with van der Waals surface area (Å²) in [7, 11) is 0. The summed E-state index contributed by atoms with van der Waals surface area (Å²) in [6.45, 7) is 0. The number of thiazole rings is 1. The molecule has 82 valence electrons. The lowest BCUT2D eigenvalue weighted by Crippen LogP contribution is -2.10. The minimum atomic E-state index is -0.776. The highest BCUT2D eigenvalue weighted by atomic mass is 32.1. The monoisotopic (exact) mass is 238 g/mol. The number of anilines is 1. The summed E-state index contributed by atoms with van der Waals surface area (Å²) in [5.74, 6) is -1.58. The summed E-state index contributed by atoms with van der Waals surface area (Å²) >= 11 is 1.19. The van der Waals surface area contributed by atoms with Crippen molar-refractivity contribution in [2.45, 2.75) is 0 Å². The van der Waals surface area contributed by atoms with Crippen LogP contribution in [0, 0.1) is 5.82 Å². The Morgan fingerprint density at radius 3 is 2.94 bits per heavy atom. The van der Waals surface area contributed by atoms with Crippen LogP contribution >= 0.6 is 11.3 Å². The van der Waals surface area contributed by atoms with Crippen LogP contribution < -0.4 is 5.32 Å². The third kappa shape index (κ3) is 2.17. The molecular weight excluding hydrogens is 231 g/mol. The summed E-state index contributed by atoms with van der Waals surface area (Å²) in [5.41, 5.74) is 1.82. The Balaban J connectivity index is 2.15. The Bertz CT molecular complexity index is 514. The largest absolute Gasteiger partial charge is 0.505 e. The molecule has 1 heterocycles. The average Bonchev–Trinajstić information content (AvgIpc) is 2.77. The molecule has 0 saturated carbocycles. The minimum Gasteiger partial charge on any atom is -0.505 e. The SMILES string of the molecule is O=C(Nc1ccc(O)c(F)c1)c1cncs1. The number of aromatic nitrogens is 1. The van der Waals surface area contributed by atoms with Gasteiger partial charge in [-0.05, 0) is 12.1 Å². The lowest BCUT2D eigenvalue weighted by atomic mass is 10.3. The zero-order chi connectivity index (χ0) is 11.5. The molecule has 0 unspecified atom stereocenters. The van der Waals surface area contributed by atoms with Crippen LogP contribution in [0.3, 0.4) is 0 Å². The summed E-state index contributed by atoms with van der Waals surface area (Å²) in [5, 5.41) is 11.5. The van der Waals surface area contributed by atoms with Crippen molar-refractivity contribution >= 4 is 22.9 Å². The molecule has 2 rings (SSSR count). The Labute approximate surface area is 94.4 Å². The molecule has 6 heteroatoms. The molecule has 2 N–H and O–H groups in total. The van der Waals surface area contributed by atoms with Gasteiger partial charge < -0.3 is 10.4 Å². The van der Waals surface area contributed by atoms with Gasteiger partial charge in [0.1, 0.15) is 4.88 Å². The van der Waals surface area contributed by atoms with Crippen molar-refractivity contribution in [2.24, 2.45) is 0 Å². The molecular formula is C10H7FN2O2S. The van der Waals surface area contributed by atoms with Gasteiger partial charge in [-0.1, -0.05) is 0 Å². The maximum Gasteiger partial charge on any atom is 0.267 e. The van der Waals surface area contributed by atoms with Gasteiger partial charge in [-0.2, -0.15) is 0 Å². The molecule has 2 aromatic rings. The highest BCUT2D eigenvalue weighted by Gasteiger charge is 2.08. The van der Waals surface area contributed by atoms with E-state index in [2.05, 4.69) is 10.3 Å². The molecule has 1 amide bonds. The van der Waals surface area contributed by atoms with Gasteiger partial charge in [-0.25, -0.2) is 4.39 Å². The summed E-state index contributed by atoms with van der Waals surface area (Å²) in [6, 6.07) is 3.64. The van der Waals surface area contributed by atoms with E-state index < -0.39 is 11.6 Å². The number of halogens is 1. The van der Waals surface area contributed by atoms with Crippen molar-refractivity contribution in [3.8, 4) is 5.75 Å². The number of phenolic OH excluding ortho intramolecular Hbond substituents is 1. The Hall–Kier alpha value is -1.95. The van der Waals surface area contributed by atoms with Gasteiger partial charge in [-0.3, -0.25) is 9.78 Å². The number of carbonyl (C=O) groups is 1. The number of amides is 1. The third-order valence-electron chi connectivity index (χ3n) is 1.86. The van der Waals surface area contributed by atoms with E-state index in [9.17, 15) is 9.18 Å². The van der Waals surface area contributed by atoms with Crippen LogP contribution in [0.4, 0.5) is 10.1 Å². The number of rotatable bonds is 2. The Morgan fingerprint density at radius 2 is 2.31 bits per heavy atom. The van der Waals surface area contributed by atoms with Crippen LogP contribution in [0.25, 0.3) is 0 Å². The average molecular weight is 238 g/mol. The van der Waals surface area contributed by atoms with Gasteiger partial charge in [0.2, 0.25) is 0 Å². The molecule has 0 atom stereocenters. The predicted molar refractivity (Wildman–Crippen MR) is 58.1 cm³/mol. The first kappa shape index (κ1) is 10.6. The standard InChI is InChI=1S/C10H7FN2O2S/c11-7-3-6(1-2-8(7)14)13-10(15)9-4-12-5-16-9/h1-5,14H,(H,13,15). The predicted octanol–water partition coefficient (Wildman–Crippen LogP) is 2.24. The van der Waals surface area contributed by atoms with Crippen LogP contribution in [-0.2, 0) is 0 Å². The fourth-order valence-electron chi connectivity index (χ4n) is 1.11. The maximum atomic E-state index is 13.0. The van der Waals surface area contributed by atoms with E-state index in [0.29, 0.717) is 4.88 Å². The van der Waals surface area contributed by atoms with Crippen LogP contribution in [0.2, 0.25) is 0 Å². The first-order valence-corrected chi connectivity index (χ1v) is 5.23. The van der Waals surface area contributed by atoms with Gasteiger partial charge in [0.15, 0.2) is 11.6 Å². The van der Waals surface area contributed by atoms with E-state index >= 15 is 0 Å². The fourth-order valence-corrected chi connectivity index (χ4v) is 1.62. The van der Waals surface area contributed by atoms with Gasteiger partial charge in [0, 0.05) is 11.8 Å². The number of hydrogen-bond donors (Lipinski definition) is 2. The molecule has 0 spiro atoms. The first-order valence-electron chi connectivity index (χ1n) is 4.35. The molecule has 0 aliphatic carbocycles. The summed E-state index contributed by atoms with van der Waals surface area (Å²) in [4.78, 5) is 15.7. The molecule has 0 saturated heterocycles. The van der Waals surface area contributed by atoms with E-state index in [-0.39, 0.29) is 11.6 Å². The third-order valence-corrected chi connectivity index (χ3v) is 2.63. The van der Waals surface area contributed by atoms with E-state index in [0.717, 1.165) is 6.07 Å². The van der Waals surface area contributed by atoms with Gasteiger partial charge >= 0.3 is 0 Å². The molecule has 0 fully saturated rings. The Morgan fingerprint density at radius 1 is 1.50 bits per heavy atom. The molecule has 0 aliphatic heterocycles. The first-order chi connectivity index (χ1) is 7.66. The number of benzene rings is 1. The molecule has 16 heavy (non-hydrogen) atoms. The molecule has 4 nitrogen and oxygen atoms in total. The number of phenols is 1. The van der Waals surface area contributed by atoms with Gasteiger partial charge in [0.25, 0.3) is 5.91 Å². The maximum absolute atomic E-state index is 13.0. The molecule has 0 aliphatic rings. The number of hydrogen-bond acceptors (Lipinski definition) is 4. The van der Waals surface area contributed by atoms with E-state index in [1.54, 1.807) is 0 Å². The minimum absolute atomic E-state index is 0.286. The smallest absolute Gasteiger partial charge is 0.267 e. The topological polar surface area (TPSA) is 62.2 Å². The van der Waals surface area contributed by atoms with Gasteiger partial charge in [0.05, 0.1) is 11.7 Å². The van der Waals surface area contributed by atoms with Crippen LogP contribution in [-0.4, -0.2) is 16.0 Å². The van der Waals surface area contributed by atoms with Crippen molar-refractivity contribution in [3.63, 3.8) is 0 Å². The van der Waals surface area contributed by atoms with Crippen molar-refractivity contribution in [3.05, 3.63) is 40.6 Å². The second-order valence-electron chi connectivity index (χ2n) is 2.99. The normalized spacial score (nSPS) is 10.1. The zero-order valence-corrected chi connectivity index (χ0v) is 8.79. The molecule has 1 aromatic heterocycles. The lowest BCUT2D eigenvalue weighted by Gasteiger charge is -2.03. The van der Waals surface area contributed by atoms with Crippen molar-refractivity contribution in [2.75, 3.05) is 5.32 Å². The molecule has 0 radical (unpaired) electrons. The number of nitrogens with one attached hydrogen (secondary N) is 1. The molecule has 0 bridgehead atoms. The second kappa shape index (κ2) is 4.28.